The molecule has 1 aliphatic heterocycles. The first-order valence-corrected chi connectivity index (χ1v) is 7.93. The Bertz CT molecular complexity index is 412. The number of hydrogen-bond acceptors (Lipinski definition) is 2. The first-order valence-electron chi connectivity index (χ1n) is 7.93. The van der Waals surface area contributed by atoms with Crippen molar-refractivity contribution >= 4 is 12.0 Å². The van der Waals surface area contributed by atoms with E-state index in [0.717, 1.165) is 32.1 Å². The Kier molecular flexibility index (Phi) is 3.61. The zero-order valence-corrected chi connectivity index (χ0v) is 12.0. The smallest absolute Gasteiger partial charge is 0.326 e. The third kappa shape index (κ3) is 2.38. The Labute approximate surface area is 119 Å². The number of urea groups is 1. The van der Waals surface area contributed by atoms with E-state index < -0.39 is 12.0 Å². The minimum Gasteiger partial charge on any atom is -0.480 e. The van der Waals surface area contributed by atoms with Crippen LogP contribution >= 0.6 is 0 Å². The number of hydrogen-bond donors (Lipinski definition) is 2. The number of amides is 2. The number of carboxylic acids is 1. The Balaban J connectivity index is 1.70. The number of aliphatic carboxylic acids is 1. The van der Waals surface area contributed by atoms with Gasteiger partial charge in [-0.25, -0.2) is 9.59 Å². The lowest BCUT2D eigenvalue weighted by molar-refractivity contribution is -0.141. The molecule has 2 amide bonds. The summed E-state index contributed by atoms with van der Waals surface area (Å²) in [5.41, 5.74) is 0. The lowest BCUT2D eigenvalue weighted by Crippen LogP contribution is -2.51. The minimum absolute atomic E-state index is 0.142. The highest BCUT2D eigenvalue weighted by molar-refractivity contribution is 5.84. The van der Waals surface area contributed by atoms with Crippen molar-refractivity contribution in [1.29, 1.82) is 0 Å². The van der Waals surface area contributed by atoms with Gasteiger partial charge in [-0.2, -0.15) is 0 Å². The quantitative estimate of drug-likeness (QED) is 0.832. The maximum atomic E-state index is 12.5. The van der Waals surface area contributed by atoms with E-state index in [1.165, 1.54) is 6.42 Å². The van der Waals surface area contributed by atoms with Crippen molar-refractivity contribution in [2.24, 2.45) is 11.8 Å². The first-order chi connectivity index (χ1) is 9.61. The van der Waals surface area contributed by atoms with E-state index in [4.69, 9.17) is 0 Å². The van der Waals surface area contributed by atoms with Gasteiger partial charge >= 0.3 is 12.0 Å². The van der Waals surface area contributed by atoms with Gasteiger partial charge in [-0.05, 0) is 37.5 Å². The molecule has 112 valence electrons. The molecule has 5 heteroatoms. The van der Waals surface area contributed by atoms with Crippen molar-refractivity contribution in [3.8, 4) is 0 Å². The summed E-state index contributed by atoms with van der Waals surface area (Å²) in [7, 11) is 0. The molecule has 2 aliphatic carbocycles. The van der Waals surface area contributed by atoms with Crippen LogP contribution in [0, 0.1) is 11.8 Å². The van der Waals surface area contributed by atoms with Crippen LogP contribution < -0.4 is 5.32 Å². The third-order valence-corrected chi connectivity index (χ3v) is 5.36. The summed E-state index contributed by atoms with van der Waals surface area (Å²) in [5.74, 6) is 0.126. The van der Waals surface area contributed by atoms with Gasteiger partial charge in [0.25, 0.3) is 0 Å². The van der Waals surface area contributed by atoms with E-state index in [9.17, 15) is 14.7 Å². The maximum Gasteiger partial charge on any atom is 0.326 e. The molecule has 0 aromatic carbocycles. The van der Waals surface area contributed by atoms with Gasteiger partial charge in [-0.3, -0.25) is 0 Å². The third-order valence-electron chi connectivity index (χ3n) is 5.36. The molecule has 2 N–H and O–H groups in total. The number of likely N-dealkylation sites (tertiary alicyclic amines) is 1. The number of nitrogens with one attached hydrogen (secondary N) is 1. The molecule has 0 radical (unpaired) electrons. The number of carboxylic acid groups (broad SMARTS) is 1. The van der Waals surface area contributed by atoms with E-state index in [2.05, 4.69) is 12.2 Å². The van der Waals surface area contributed by atoms with Crippen molar-refractivity contribution in [2.75, 3.05) is 0 Å². The minimum atomic E-state index is -0.850. The lowest BCUT2D eigenvalue weighted by Gasteiger charge is -2.33. The Morgan fingerprint density at radius 1 is 1.25 bits per heavy atom. The van der Waals surface area contributed by atoms with E-state index in [1.54, 1.807) is 4.90 Å². The molecule has 3 fully saturated rings. The molecule has 1 saturated heterocycles. The zero-order valence-electron chi connectivity index (χ0n) is 12.0. The molecule has 2 saturated carbocycles. The van der Waals surface area contributed by atoms with Crippen LogP contribution in [0.25, 0.3) is 0 Å². The van der Waals surface area contributed by atoms with Crippen LogP contribution in [0.1, 0.15) is 51.9 Å². The molecule has 20 heavy (non-hydrogen) atoms. The summed E-state index contributed by atoms with van der Waals surface area (Å²) in [4.78, 5) is 25.6. The monoisotopic (exact) mass is 280 g/mol. The van der Waals surface area contributed by atoms with Gasteiger partial charge < -0.3 is 15.3 Å². The molecule has 0 spiro atoms. The Morgan fingerprint density at radius 3 is 2.65 bits per heavy atom. The van der Waals surface area contributed by atoms with Crippen LogP contribution in [0.2, 0.25) is 0 Å². The van der Waals surface area contributed by atoms with E-state index in [1.807, 2.05) is 0 Å². The zero-order chi connectivity index (χ0) is 14.3. The van der Waals surface area contributed by atoms with Crippen molar-refractivity contribution < 1.29 is 14.7 Å². The van der Waals surface area contributed by atoms with Crippen molar-refractivity contribution in [2.45, 2.75) is 70.0 Å². The summed E-state index contributed by atoms with van der Waals surface area (Å²) in [6.45, 7) is 2.13. The number of rotatable bonds is 3. The average Bonchev–Trinajstić information content (AvgIpc) is 3.05. The van der Waals surface area contributed by atoms with Crippen LogP contribution in [-0.2, 0) is 4.79 Å². The summed E-state index contributed by atoms with van der Waals surface area (Å²) in [6.07, 6.45) is 7.07. The van der Waals surface area contributed by atoms with Crippen LogP contribution in [0.4, 0.5) is 4.79 Å². The average molecular weight is 280 g/mol. The fourth-order valence-electron chi connectivity index (χ4n) is 4.08. The molecule has 1 heterocycles. The summed E-state index contributed by atoms with van der Waals surface area (Å²) < 4.78 is 0. The number of fused-ring (bicyclic) bond motifs is 1. The summed E-state index contributed by atoms with van der Waals surface area (Å²) in [6, 6.07) is -0.358. The van der Waals surface area contributed by atoms with Crippen molar-refractivity contribution in [3.05, 3.63) is 0 Å². The predicted molar refractivity (Wildman–Crippen MR) is 74.3 cm³/mol. The molecule has 5 nitrogen and oxygen atoms in total. The van der Waals surface area contributed by atoms with Gasteiger partial charge in [0.15, 0.2) is 0 Å². The van der Waals surface area contributed by atoms with E-state index in [0.29, 0.717) is 18.3 Å². The number of carbonyl (C=O) groups is 2. The van der Waals surface area contributed by atoms with Gasteiger partial charge in [-0.15, -0.1) is 0 Å². The van der Waals surface area contributed by atoms with Crippen LogP contribution in [0.15, 0.2) is 0 Å². The maximum absolute atomic E-state index is 12.5. The molecule has 5 unspecified atom stereocenters. The largest absolute Gasteiger partial charge is 0.480 e. The van der Waals surface area contributed by atoms with Gasteiger partial charge in [0.2, 0.25) is 0 Å². The standard InChI is InChI=1S/C15H24N2O3/c1-2-9-7-11(9)16-15(20)17-12-6-4-3-5-10(12)8-13(17)14(18)19/h9-13H,2-8H2,1H3,(H,16,20)(H,18,19). The second kappa shape index (κ2) is 5.26. The highest BCUT2D eigenvalue weighted by Crippen LogP contribution is 2.40. The van der Waals surface area contributed by atoms with E-state index in [-0.39, 0.29) is 18.1 Å². The highest BCUT2D eigenvalue weighted by Gasteiger charge is 2.49. The van der Waals surface area contributed by atoms with Crippen LogP contribution in [0.5, 0.6) is 0 Å². The fourth-order valence-corrected chi connectivity index (χ4v) is 4.08. The predicted octanol–water partition coefficient (Wildman–Crippen LogP) is 2.21. The molecule has 5 atom stereocenters. The molecular formula is C15H24N2O3. The Morgan fingerprint density at radius 2 is 2.00 bits per heavy atom. The fraction of sp³-hybridized carbons (Fsp3) is 0.867. The van der Waals surface area contributed by atoms with Gasteiger partial charge in [0.05, 0.1) is 0 Å². The lowest BCUT2D eigenvalue weighted by atomic mass is 9.85. The molecule has 0 aromatic heterocycles. The van der Waals surface area contributed by atoms with Gasteiger partial charge in [-0.1, -0.05) is 26.2 Å². The van der Waals surface area contributed by atoms with E-state index >= 15 is 0 Å². The number of nitrogens with zero attached hydrogens (tertiary/aromatic N) is 1. The summed E-state index contributed by atoms with van der Waals surface area (Å²) in [5, 5.41) is 12.4. The van der Waals surface area contributed by atoms with Crippen molar-refractivity contribution in [3.63, 3.8) is 0 Å². The topological polar surface area (TPSA) is 69.6 Å². The van der Waals surface area contributed by atoms with Crippen LogP contribution in [0.3, 0.4) is 0 Å². The van der Waals surface area contributed by atoms with Gasteiger partial charge in [0, 0.05) is 12.1 Å². The molecule has 3 aliphatic rings. The SMILES string of the molecule is CCC1CC1NC(=O)N1C(C(=O)O)CC2CCCCC21. The van der Waals surface area contributed by atoms with Crippen molar-refractivity contribution in [1.82, 2.24) is 10.2 Å². The molecule has 3 rings (SSSR count). The second-order valence-electron chi connectivity index (χ2n) is 6.57. The Hall–Kier alpha value is -1.26. The van der Waals surface area contributed by atoms with Gasteiger partial charge in [0.1, 0.15) is 6.04 Å². The molecule has 0 aromatic rings. The number of carbonyl (C=O) groups excluding carboxylic acids is 1. The second-order valence-corrected chi connectivity index (χ2v) is 6.57. The normalized spacial score (nSPS) is 39.2. The summed E-state index contributed by atoms with van der Waals surface area (Å²) >= 11 is 0. The highest BCUT2D eigenvalue weighted by atomic mass is 16.4. The molecule has 0 bridgehead atoms. The molecular weight excluding hydrogens is 256 g/mol. The first kappa shape index (κ1) is 13.7. The van der Waals surface area contributed by atoms with Crippen LogP contribution in [-0.4, -0.2) is 40.1 Å².